The van der Waals surface area contributed by atoms with Crippen molar-refractivity contribution >= 4 is 46.0 Å². The van der Waals surface area contributed by atoms with Gasteiger partial charge in [-0.05, 0) is 30.3 Å². The summed E-state index contributed by atoms with van der Waals surface area (Å²) in [4.78, 5) is 29.9. The Morgan fingerprint density at radius 2 is 1.67 bits per heavy atom. The Labute approximate surface area is 184 Å². The van der Waals surface area contributed by atoms with Crippen LogP contribution in [0.2, 0.25) is 15.1 Å². The molecule has 10 heteroatoms. The molecule has 30 heavy (non-hydrogen) atoms. The summed E-state index contributed by atoms with van der Waals surface area (Å²) >= 11 is 18.5. The molecule has 0 aliphatic heterocycles. The third-order valence-corrected chi connectivity index (χ3v) is 5.64. The summed E-state index contributed by atoms with van der Waals surface area (Å²) in [5.41, 5.74) is -0.120. The highest BCUT2D eigenvalue weighted by Crippen LogP contribution is 2.30. The summed E-state index contributed by atoms with van der Waals surface area (Å²) in [6, 6.07) is 9.13. The smallest absolute Gasteiger partial charge is 0.313 e. The van der Waals surface area contributed by atoms with Gasteiger partial charge in [0.15, 0.2) is 11.2 Å². The normalized spacial score (nSPS) is 11.4. The molecule has 2 aromatic carbocycles. The lowest BCUT2D eigenvalue weighted by Gasteiger charge is -2.12. The van der Waals surface area contributed by atoms with Crippen molar-refractivity contribution in [1.82, 2.24) is 18.7 Å². The van der Waals surface area contributed by atoms with E-state index < -0.39 is 17.1 Å². The van der Waals surface area contributed by atoms with Gasteiger partial charge in [-0.3, -0.25) is 13.9 Å². The van der Waals surface area contributed by atoms with Crippen LogP contribution in [-0.2, 0) is 20.6 Å². The van der Waals surface area contributed by atoms with Crippen molar-refractivity contribution < 1.29 is 4.39 Å². The maximum absolute atomic E-state index is 14.5. The van der Waals surface area contributed by atoms with Gasteiger partial charge in [0.1, 0.15) is 11.6 Å². The van der Waals surface area contributed by atoms with E-state index in [0.717, 1.165) is 4.57 Å². The predicted octanol–water partition coefficient (Wildman–Crippen LogP) is 4.25. The second-order valence-electron chi connectivity index (χ2n) is 6.76. The Hall–Kier alpha value is -2.61. The molecule has 154 valence electrons. The average molecular weight is 468 g/mol. The number of hydrogen-bond acceptors (Lipinski definition) is 3. The summed E-state index contributed by atoms with van der Waals surface area (Å²) in [7, 11) is 2.87. The highest BCUT2D eigenvalue weighted by Gasteiger charge is 2.22. The third kappa shape index (κ3) is 3.33. The molecule has 0 atom stereocenters. The van der Waals surface area contributed by atoms with E-state index in [2.05, 4.69) is 4.98 Å². The van der Waals surface area contributed by atoms with Gasteiger partial charge in [-0.15, -0.1) is 0 Å². The van der Waals surface area contributed by atoms with Crippen LogP contribution in [0.25, 0.3) is 22.6 Å². The van der Waals surface area contributed by atoms with E-state index in [-0.39, 0.29) is 28.3 Å². The van der Waals surface area contributed by atoms with Crippen LogP contribution in [0.3, 0.4) is 0 Å². The Morgan fingerprint density at radius 3 is 2.30 bits per heavy atom. The van der Waals surface area contributed by atoms with Crippen LogP contribution in [0.4, 0.5) is 4.39 Å². The molecule has 0 saturated heterocycles. The Bertz CT molecular complexity index is 1400. The van der Waals surface area contributed by atoms with Crippen molar-refractivity contribution in [3.05, 3.63) is 83.7 Å². The fourth-order valence-corrected chi connectivity index (χ4v) is 4.09. The van der Waals surface area contributed by atoms with Gasteiger partial charge in [0.05, 0.1) is 6.54 Å². The number of nitrogens with zero attached hydrogens (tertiary/aromatic N) is 4. The minimum Gasteiger partial charge on any atom is -0.313 e. The summed E-state index contributed by atoms with van der Waals surface area (Å²) < 4.78 is 18.3. The predicted molar refractivity (Wildman–Crippen MR) is 116 cm³/mol. The van der Waals surface area contributed by atoms with Crippen LogP contribution in [0.15, 0.2) is 46.0 Å². The molecule has 4 rings (SSSR count). The van der Waals surface area contributed by atoms with Crippen molar-refractivity contribution in [2.45, 2.75) is 6.54 Å². The summed E-state index contributed by atoms with van der Waals surface area (Å²) in [6.45, 7) is -0.0884. The minimum absolute atomic E-state index is 0.0884. The summed E-state index contributed by atoms with van der Waals surface area (Å²) in [5.74, 6) is -0.229. The van der Waals surface area contributed by atoms with Gasteiger partial charge >= 0.3 is 5.69 Å². The number of rotatable bonds is 3. The van der Waals surface area contributed by atoms with Gasteiger partial charge in [0.25, 0.3) is 5.56 Å². The lowest BCUT2D eigenvalue weighted by molar-refractivity contribution is 0.601. The maximum Gasteiger partial charge on any atom is 0.332 e. The zero-order valence-corrected chi connectivity index (χ0v) is 18.1. The monoisotopic (exact) mass is 466 g/mol. The number of fused-ring (bicyclic) bond motifs is 1. The average Bonchev–Trinajstić information content (AvgIpc) is 3.06. The highest BCUT2D eigenvalue weighted by molar-refractivity contribution is 6.35. The molecular formula is C20H14Cl3FN4O2. The van der Waals surface area contributed by atoms with Crippen molar-refractivity contribution in [3.63, 3.8) is 0 Å². The molecule has 0 spiro atoms. The first-order chi connectivity index (χ1) is 14.2. The van der Waals surface area contributed by atoms with E-state index in [1.165, 1.54) is 35.4 Å². The highest BCUT2D eigenvalue weighted by atomic mass is 35.5. The van der Waals surface area contributed by atoms with Gasteiger partial charge < -0.3 is 4.57 Å². The molecule has 0 N–H and O–H groups in total. The van der Waals surface area contributed by atoms with Crippen LogP contribution in [0, 0.1) is 5.82 Å². The molecule has 0 fully saturated rings. The van der Waals surface area contributed by atoms with Crippen LogP contribution < -0.4 is 11.2 Å². The first-order valence-electron chi connectivity index (χ1n) is 8.74. The van der Waals surface area contributed by atoms with Crippen molar-refractivity contribution in [2.24, 2.45) is 14.1 Å². The van der Waals surface area contributed by atoms with Crippen molar-refractivity contribution in [3.8, 4) is 11.4 Å². The Balaban J connectivity index is 2.12. The van der Waals surface area contributed by atoms with Gasteiger partial charge in [-0.25, -0.2) is 14.2 Å². The van der Waals surface area contributed by atoms with E-state index in [1.807, 2.05) is 0 Å². The standard InChI is InChI=1S/C20H14Cl3FN4O2/c1-26-18-16(19(29)27(2)20(26)30)28(9-13-14(23)4-3-5-15(13)24)17(25-18)10-6-11(21)8-12(22)7-10/h3-8H,9H2,1-2H3. The molecule has 0 aliphatic rings. The van der Waals surface area contributed by atoms with Crippen LogP contribution in [0.5, 0.6) is 0 Å². The van der Waals surface area contributed by atoms with E-state index in [1.54, 1.807) is 24.3 Å². The number of aryl methyl sites for hydroxylation is 1. The molecule has 0 amide bonds. The van der Waals surface area contributed by atoms with Crippen molar-refractivity contribution in [2.75, 3.05) is 0 Å². The number of benzene rings is 2. The molecular weight excluding hydrogens is 454 g/mol. The quantitative estimate of drug-likeness (QED) is 0.453. The van der Waals surface area contributed by atoms with E-state index in [4.69, 9.17) is 34.8 Å². The van der Waals surface area contributed by atoms with Crippen LogP contribution >= 0.6 is 34.8 Å². The molecule has 2 heterocycles. The zero-order chi connectivity index (χ0) is 21.7. The second kappa shape index (κ2) is 7.58. The van der Waals surface area contributed by atoms with Gasteiger partial charge in [-0.1, -0.05) is 40.9 Å². The number of aromatic nitrogens is 4. The topological polar surface area (TPSA) is 61.8 Å². The van der Waals surface area contributed by atoms with Gasteiger partial charge in [0.2, 0.25) is 0 Å². The van der Waals surface area contributed by atoms with E-state index in [0.29, 0.717) is 21.4 Å². The first-order valence-corrected chi connectivity index (χ1v) is 9.88. The van der Waals surface area contributed by atoms with Crippen molar-refractivity contribution in [1.29, 1.82) is 0 Å². The number of hydrogen-bond donors (Lipinski definition) is 0. The number of halogens is 4. The molecule has 0 saturated carbocycles. The summed E-state index contributed by atoms with van der Waals surface area (Å²) in [5, 5.41) is 0.928. The Kier molecular flexibility index (Phi) is 5.22. The molecule has 0 unspecified atom stereocenters. The number of imidazole rings is 1. The largest absolute Gasteiger partial charge is 0.332 e. The summed E-state index contributed by atoms with van der Waals surface area (Å²) in [6.07, 6.45) is 0. The zero-order valence-electron chi connectivity index (χ0n) is 15.8. The fourth-order valence-electron chi connectivity index (χ4n) is 3.35. The third-order valence-electron chi connectivity index (χ3n) is 4.85. The lowest BCUT2D eigenvalue weighted by atomic mass is 10.2. The molecule has 2 aromatic heterocycles. The van der Waals surface area contributed by atoms with E-state index in [9.17, 15) is 14.0 Å². The molecule has 0 aliphatic carbocycles. The second-order valence-corrected chi connectivity index (χ2v) is 8.04. The van der Waals surface area contributed by atoms with Crippen LogP contribution in [0.1, 0.15) is 5.56 Å². The molecule has 6 nitrogen and oxygen atoms in total. The first kappa shape index (κ1) is 20.7. The molecule has 4 aromatic rings. The van der Waals surface area contributed by atoms with Crippen LogP contribution in [-0.4, -0.2) is 18.7 Å². The maximum atomic E-state index is 14.5. The molecule has 0 radical (unpaired) electrons. The molecule has 0 bridgehead atoms. The lowest BCUT2D eigenvalue weighted by Crippen LogP contribution is -2.37. The fraction of sp³-hybridized carbons (Fsp3) is 0.150. The van der Waals surface area contributed by atoms with E-state index >= 15 is 0 Å². The van der Waals surface area contributed by atoms with Gasteiger partial charge in [-0.2, -0.15) is 0 Å². The van der Waals surface area contributed by atoms with Gasteiger partial charge in [0, 0.05) is 40.3 Å². The Morgan fingerprint density at radius 1 is 1.00 bits per heavy atom. The minimum atomic E-state index is -0.563. The SMILES string of the molecule is Cn1c(=O)c2c(nc(-c3cc(Cl)cc(Cl)c3)n2Cc2c(F)cccc2Cl)n(C)c1=O.